The number of anilines is 1. The van der Waals surface area contributed by atoms with Crippen LogP contribution in [-0.2, 0) is 14.8 Å². The van der Waals surface area contributed by atoms with Gasteiger partial charge >= 0.3 is 0 Å². The molecule has 0 radical (unpaired) electrons. The van der Waals surface area contributed by atoms with Gasteiger partial charge in [-0.3, -0.25) is 4.79 Å². The first-order valence-electron chi connectivity index (χ1n) is 9.75. The van der Waals surface area contributed by atoms with E-state index in [4.69, 9.17) is 0 Å². The highest BCUT2D eigenvalue weighted by Gasteiger charge is 2.26. The molecule has 1 saturated heterocycles. The number of carbonyl (C=O) groups is 1. The molecule has 1 fully saturated rings. The van der Waals surface area contributed by atoms with Gasteiger partial charge in [0.15, 0.2) is 0 Å². The summed E-state index contributed by atoms with van der Waals surface area (Å²) in [7, 11) is -3.56. The van der Waals surface area contributed by atoms with Crippen LogP contribution < -0.4 is 10.6 Å². The Balaban J connectivity index is 1.60. The molecule has 0 spiro atoms. The normalized spacial score (nSPS) is 16.3. The molecule has 0 unspecified atom stereocenters. The third-order valence-corrected chi connectivity index (χ3v) is 6.88. The van der Waals surface area contributed by atoms with Gasteiger partial charge < -0.3 is 10.6 Å². The number of rotatable bonds is 7. The van der Waals surface area contributed by atoms with Crippen LogP contribution in [0, 0.1) is 5.82 Å². The SMILES string of the molecule is C[C@@H](NCC(=O)Nc1cccc(S(=O)(=O)N2CCCCC2)c1)c1cccc(F)c1. The first-order chi connectivity index (χ1) is 13.9. The van der Waals surface area contributed by atoms with Crippen LogP contribution in [0.3, 0.4) is 0 Å². The van der Waals surface area contributed by atoms with Gasteiger partial charge in [0.2, 0.25) is 15.9 Å². The van der Waals surface area contributed by atoms with Gasteiger partial charge in [-0.15, -0.1) is 0 Å². The number of benzene rings is 2. The average Bonchev–Trinajstić information content (AvgIpc) is 2.73. The standard InChI is InChI=1S/C21H26FN3O3S/c1-16(17-7-5-8-18(22)13-17)23-15-21(26)24-19-9-6-10-20(14-19)29(27,28)25-11-3-2-4-12-25/h5-10,13-14,16,23H,2-4,11-12,15H2,1H3,(H,24,26)/t16-/m1/s1. The van der Waals surface area contributed by atoms with Crippen molar-refractivity contribution in [1.29, 1.82) is 0 Å². The van der Waals surface area contributed by atoms with Gasteiger partial charge in [-0.25, -0.2) is 12.8 Å². The lowest BCUT2D eigenvalue weighted by molar-refractivity contribution is -0.115. The topological polar surface area (TPSA) is 78.5 Å². The molecular weight excluding hydrogens is 393 g/mol. The fourth-order valence-electron chi connectivity index (χ4n) is 3.33. The van der Waals surface area contributed by atoms with Crippen LogP contribution in [0.15, 0.2) is 53.4 Å². The molecule has 1 heterocycles. The van der Waals surface area contributed by atoms with E-state index in [1.54, 1.807) is 30.3 Å². The van der Waals surface area contributed by atoms with Crippen LogP contribution in [0.1, 0.15) is 37.8 Å². The largest absolute Gasteiger partial charge is 0.325 e. The van der Waals surface area contributed by atoms with Gasteiger partial charge in [0.25, 0.3) is 0 Å². The zero-order valence-electron chi connectivity index (χ0n) is 16.4. The number of halogens is 1. The fourth-order valence-corrected chi connectivity index (χ4v) is 4.90. The summed E-state index contributed by atoms with van der Waals surface area (Å²) < 4.78 is 40.4. The molecule has 1 aliphatic rings. The number of piperidine rings is 1. The summed E-state index contributed by atoms with van der Waals surface area (Å²) in [5, 5.41) is 5.75. The Labute approximate surface area is 171 Å². The maximum atomic E-state index is 13.3. The molecule has 0 aromatic heterocycles. The molecule has 2 N–H and O–H groups in total. The molecule has 8 heteroatoms. The van der Waals surface area contributed by atoms with Crippen LogP contribution in [0.2, 0.25) is 0 Å². The van der Waals surface area contributed by atoms with Gasteiger partial charge in [0.1, 0.15) is 5.82 Å². The van der Waals surface area contributed by atoms with Crippen molar-refractivity contribution in [2.75, 3.05) is 25.0 Å². The second-order valence-electron chi connectivity index (χ2n) is 7.20. The summed E-state index contributed by atoms with van der Waals surface area (Å²) in [4.78, 5) is 12.4. The van der Waals surface area contributed by atoms with Gasteiger partial charge in [-0.05, 0) is 55.7 Å². The molecule has 0 bridgehead atoms. The predicted molar refractivity (Wildman–Crippen MR) is 110 cm³/mol. The molecule has 0 saturated carbocycles. The molecular formula is C21H26FN3O3S. The molecule has 1 amide bonds. The van der Waals surface area contributed by atoms with E-state index in [0.29, 0.717) is 18.8 Å². The summed E-state index contributed by atoms with van der Waals surface area (Å²) in [6, 6.07) is 12.3. The highest BCUT2D eigenvalue weighted by molar-refractivity contribution is 7.89. The molecule has 1 atom stereocenters. The van der Waals surface area contributed by atoms with Gasteiger partial charge in [-0.1, -0.05) is 24.6 Å². The second kappa shape index (κ2) is 9.47. The van der Waals surface area contributed by atoms with Crippen molar-refractivity contribution < 1.29 is 17.6 Å². The summed E-state index contributed by atoms with van der Waals surface area (Å²) >= 11 is 0. The van der Waals surface area contributed by atoms with E-state index in [9.17, 15) is 17.6 Å². The van der Waals surface area contributed by atoms with Crippen molar-refractivity contribution in [3.63, 3.8) is 0 Å². The van der Waals surface area contributed by atoms with Crippen molar-refractivity contribution in [3.05, 3.63) is 59.9 Å². The molecule has 2 aromatic rings. The summed E-state index contributed by atoms with van der Waals surface area (Å²) in [6.45, 7) is 2.91. The number of hydrogen-bond acceptors (Lipinski definition) is 4. The van der Waals surface area contributed by atoms with E-state index in [-0.39, 0.29) is 29.2 Å². The summed E-state index contributed by atoms with van der Waals surface area (Å²) in [5.41, 5.74) is 1.17. The molecule has 6 nitrogen and oxygen atoms in total. The average molecular weight is 420 g/mol. The number of sulfonamides is 1. The minimum atomic E-state index is -3.56. The maximum Gasteiger partial charge on any atom is 0.243 e. The minimum Gasteiger partial charge on any atom is -0.325 e. The molecule has 29 heavy (non-hydrogen) atoms. The Morgan fingerprint density at radius 3 is 2.55 bits per heavy atom. The van der Waals surface area contributed by atoms with Crippen LogP contribution in [-0.4, -0.2) is 38.3 Å². The van der Waals surface area contributed by atoms with Crippen LogP contribution in [0.5, 0.6) is 0 Å². The van der Waals surface area contributed by atoms with Crippen molar-refractivity contribution >= 4 is 21.6 Å². The van der Waals surface area contributed by atoms with E-state index in [1.165, 1.54) is 22.5 Å². The highest BCUT2D eigenvalue weighted by Crippen LogP contribution is 2.23. The van der Waals surface area contributed by atoms with E-state index in [0.717, 1.165) is 24.8 Å². The number of nitrogens with zero attached hydrogens (tertiary/aromatic N) is 1. The lowest BCUT2D eigenvalue weighted by atomic mass is 10.1. The molecule has 156 valence electrons. The van der Waals surface area contributed by atoms with E-state index >= 15 is 0 Å². The first-order valence-corrected chi connectivity index (χ1v) is 11.2. The lowest BCUT2D eigenvalue weighted by Crippen LogP contribution is -2.35. The summed E-state index contributed by atoms with van der Waals surface area (Å²) in [5.74, 6) is -0.631. The third kappa shape index (κ3) is 5.62. The van der Waals surface area contributed by atoms with Gasteiger partial charge in [0.05, 0.1) is 11.4 Å². The first kappa shape index (κ1) is 21.4. The minimum absolute atomic E-state index is 0.0147. The predicted octanol–water partition coefficient (Wildman–Crippen LogP) is 3.29. The lowest BCUT2D eigenvalue weighted by Gasteiger charge is -2.26. The molecule has 1 aliphatic heterocycles. The number of nitrogens with one attached hydrogen (secondary N) is 2. The highest BCUT2D eigenvalue weighted by atomic mass is 32.2. The quantitative estimate of drug-likeness (QED) is 0.722. The van der Waals surface area contributed by atoms with Crippen LogP contribution in [0.25, 0.3) is 0 Å². The Morgan fingerprint density at radius 2 is 1.83 bits per heavy atom. The second-order valence-corrected chi connectivity index (χ2v) is 9.14. The molecule has 0 aliphatic carbocycles. The van der Waals surface area contributed by atoms with E-state index in [1.807, 2.05) is 6.92 Å². The smallest absolute Gasteiger partial charge is 0.243 e. The van der Waals surface area contributed by atoms with Gasteiger partial charge in [-0.2, -0.15) is 4.31 Å². The Bertz CT molecular complexity index is 959. The van der Waals surface area contributed by atoms with E-state index < -0.39 is 10.0 Å². The van der Waals surface area contributed by atoms with Crippen LogP contribution >= 0.6 is 0 Å². The summed E-state index contributed by atoms with van der Waals surface area (Å²) in [6.07, 6.45) is 2.78. The zero-order valence-corrected chi connectivity index (χ0v) is 17.2. The van der Waals surface area contributed by atoms with Crippen LogP contribution in [0.4, 0.5) is 10.1 Å². The van der Waals surface area contributed by atoms with Crippen molar-refractivity contribution in [3.8, 4) is 0 Å². The van der Waals surface area contributed by atoms with Crippen molar-refractivity contribution in [1.82, 2.24) is 9.62 Å². The number of hydrogen-bond donors (Lipinski definition) is 2. The molecule has 2 aromatic carbocycles. The molecule has 3 rings (SSSR count). The van der Waals surface area contributed by atoms with Crippen molar-refractivity contribution in [2.24, 2.45) is 0 Å². The zero-order chi connectivity index (χ0) is 20.9. The number of carbonyl (C=O) groups excluding carboxylic acids is 1. The number of amides is 1. The van der Waals surface area contributed by atoms with E-state index in [2.05, 4.69) is 10.6 Å². The third-order valence-electron chi connectivity index (χ3n) is 4.99. The monoisotopic (exact) mass is 419 g/mol. The Hall–Kier alpha value is -2.29. The Morgan fingerprint density at radius 1 is 1.10 bits per heavy atom. The fraction of sp³-hybridized carbons (Fsp3) is 0.381. The maximum absolute atomic E-state index is 13.3. The Kier molecular flexibility index (Phi) is 7.00. The van der Waals surface area contributed by atoms with Gasteiger partial charge in [0, 0.05) is 24.8 Å². The van der Waals surface area contributed by atoms with Crippen molar-refractivity contribution in [2.45, 2.75) is 37.1 Å².